The van der Waals surface area contributed by atoms with E-state index in [1.807, 2.05) is 11.9 Å². The number of halogens is 5. The molecule has 1 aliphatic carbocycles. The largest absolute Gasteiger partial charge is 0.497 e. The number of amides is 1. The monoisotopic (exact) mass is 863 g/mol. The molecule has 3 atom stereocenters. The number of alkyl halides is 3. The van der Waals surface area contributed by atoms with Gasteiger partial charge in [0.15, 0.2) is 0 Å². The van der Waals surface area contributed by atoms with Crippen molar-refractivity contribution in [1.82, 2.24) is 19.8 Å². The van der Waals surface area contributed by atoms with Crippen molar-refractivity contribution in [3.63, 3.8) is 0 Å². The molecule has 0 bridgehead atoms. The Morgan fingerprint density at radius 3 is 2.36 bits per heavy atom. The van der Waals surface area contributed by atoms with E-state index in [1.54, 1.807) is 49.9 Å². The second-order valence-electron chi connectivity index (χ2n) is 15.6. The maximum atomic E-state index is 16.4. The van der Waals surface area contributed by atoms with Crippen LogP contribution in [0, 0.1) is 5.82 Å². The van der Waals surface area contributed by atoms with E-state index in [1.165, 1.54) is 32.5 Å². The van der Waals surface area contributed by atoms with Crippen molar-refractivity contribution in [1.29, 1.82) is 0 Å². The van der Waals surface area contributed by atoms with E-state index in [4.69, 9.17) is 30.5 Å². The Labute approximate surface area is 346 Å². The van der Waals surface area contributed by atoms with E-state index >= 15 is 4.39 Å². The third kappa shape index (κ3) is 9.95. The highest BCUT2D eigenvalue weighted by atomic mass is 35.5. The highest BCUT2D eigenvalue weighted by molar-refractivity contribution is 7.92. The molecule has 0 radical (unpaired) electrons. The fourth-order valence-electron chi connectivity index (χ4n) is 7.47. The van der Waals surface area contributed by atoms with Crippen LogP contribution in [0.4, 0.5) is 28.2 Å². The number of carbonyl (C=O) groups is 1. The van der Waals surface area contributed by atoms with Gasteiger partial charge in [-0.2, -0.15) is 13.2 Å². The van der Waals surface area contributed by atoms with Crippen molar-refractivity contribution in [2.75, 3.05) is 38.7 Å². The van der Waals surface area contributed by atoms with Crippen molar-refractivity contribution in [3.05, 3.63) is 101 Å². The van der Waals surface area contributed by atoms with Gasteiger partial charge in [0.1, 0.15) is 51.8 Å². The molecule has 1 saturated carbocycles. The summed E-state index contributed by atoms with van der Waals surface area (Å²) in [7, 11) is 0.0551. The van der Waals surface area contributed by atoms with Gasteiger partial charge >= 0.3 is 12.3 Å². The molecule has 1 amide bonds. The second-order valence-corrected chi connectivity index (χ2v) is 17.8. The van der Waals surface area contributed by atoms with Gasteiger partial charge in [0.2, 0.25) is 0 Å². The van der Waals surface area contributed by atoms with Crippen molar-refractivity contribution in [2.45, 2.75) is 87.4 Å². The van der Waals surface area contributed by atoms with E-state index in [9.17, 15) is 26.4 Å². The lowest BCUT2D eigenvalue weighted by Crippen LogP contribution is -2.65. The lowest BCUT2D eigenvalue weighted by atomic mass is 9.78. The fraction of sp³-hybridized carbons (Fsp3) is 0.439. The number of rotatable bonds is 12. The van der Waals surface area contributed by atoms with Crippen molar-refractivity contribution in [2.24, 2.45) is 0 Å². The topological polar surface area (TPSA) is 124 Å². The van der Waals surface area contributed by atoms with Crippen LogP contribution in [0.3, 0.4) is 0 Å². The van der Waals surface area contributed by atoms with Crippen LogP contribution in [0.5, 0.6) is 17.2 Å². The van der Waals surface area contributed by atoms with Crippen LogP contribution >= 0.6 is 11.6 Å². The average Bonchev–Trinajstić information content (AvgIpc) is 3.17. The number of aromatic nitrogens is 2. The zero-order valence-electron chi connectivity index (χ0n) is 33.4. The third-order valence-corrected chi connectivity index (χ3v) is 12.4. The Bertz CT molecular complexity index is 2240. The first-order chi connectivity index (χ1) is 27.8. The summed E-state index contributed by atoms with van der Waals surface area (Å²) in [6.07, 6.45) is -2.72. The lowest BCUT2D eigenvalue weighted by molar-refractivity contribution is -0.137. The van der Waals surface area contributed by atoms with Crippen LogP contribution in [0.25, 0.3) is 0 Å². The maximum Gasteiger partial charge on any atom is 0.416 e. The van der Waals surface area contributed by atoms with Crippen LogP contribution in [0.2, 0.25) is 5.02 Å². The van der Waals surface area contributed by atoms with Gasteiger partial charge in [-0.3, -0.25) is 4.90 Å². The number of sulfonamides is 1. The predicted octanol–water partition coefficient (Wildman–Crippen LogP) is 8.34. The summed E-state index contributed by atoms with van der Waals surface area (Å²) in [4.78, 5) is 24.8. The molecule has 2 fully saturated rings. The van der Waals surface area contributed by atoms with Gasteiger partial charge in [0.25, 0.3) is 10.0 Å². The van der Waals surface area contributed by atoms with E-state index in [0.29, 0.717) is 42.1 Å². The molecule has 1 saturated heterocycles. The highest BCUT2D eigenvalue weighted by Gasteiger charge is 2.46. The minimum atomic E-state index is -4.73. The summed E-state index contributed by atoms with van der Waals surface area (Å²) in [5.74, 6) is -1.04. The Kier molecular flexibility index (Phi) is 12.9. The number of methoxy groups -OCH3 is 2. The predicted molar refractivity (Wildman–Crippen MR) is 212 cm³/mol. The summed E-state index contributed by atoms with van der Waals surface area (Å²) >= 11 is 6.75. The van der Waals surface area contributed by atoms with Crippen LogP contribution in [0.1, 0.15) is 62.6 Å². The first-order valence-electron chi connectivity index (χ1n) is 18.8. The molecule has 59 heavy (non-hydrogen) atoms. The summed E-state index contributed by atoms with van der Waals surface area (Å²) in [6.45, 7) is 5.87. The summed E-state index contributed by atoms with van der Waals surface area (Å²) < 4.78 is 110. The molecule has 0 unspecified atom stereocenters. The molecule has 1 aliphatic heterocycles. The Morgan fingerprint density at radius 1 is 0.983 bits per heavy atom. The first kappa shape index (κ1) is 43.7. The van der Waals surface area contributed by atoms with Gasteiger partial charge in [-0.1, -0.05) is 29.8 Å². The quantitative estimate of drug-likeness (QED) is 0.129. The van der Waals surface area contributed by atoms with E-state index in [-0.39, 0.29) is 42.0 Å². The normalized spacial score (nSPS) is 19.1. The Hall–Kier alpha value is -4.87. The van der Waals surface area contributed by atoms with Crippen molar-refractivity contribution >= 4 is 33.5 Å². The molecule has 2 aliphatic rings. The van der Waals surface area contributed by atoms with Crippen LogP contribution in [-0.4, -0.2) is 92.4 Å². The molecule has 4 aromatic rings. The number of nitrogens with zero attached hydrogens (tertiary/aromatic N) is 5. The average molecular weight is 864 g/mol. The van der Waals surface area contributed by atoms with Crippen molar-refractivity contribution < 1.29 is 49.7 Å². The number of hydrogen-bond donors (Lipinski definition) is 0. The van der Waals surface area contributed by atoms with Gasteiger partial charge in [0, 0.05) is 43.0 Å². The molecule has 12 nitrogen and oxygen atoms in total. The summed E-state index contributed by atoms with van der Waals surface area (Å²) in [5, 5.41) is -0.236. The number of ether oxygens (including phenoxy) is 4. The second kappa shape index (κ2) is 17.4. The van der Waals surface area contributed by atoms with Crippen LogP contribution in [0.15, 0.2) is 78.1 Å². The number of likely N-dealkylation sites (tertiary alicyclic amines) is 1. The van der Waals surface area contributed by atoms with Crippen LogP contribution < -0.4 is 18.5 Å². The Balaban J connectivity index is 1.35. The standard InChI is InChI=1S/C41H46ClF4N5O7S/c1-40(2,3)58-39(52)51(29-22-49(4)23-29)33-17-26(25-8-7-9-28(16-25)41(44,45)46)11-13-34(33)57-36-20-32(43)37(19-31(36)42)59(53,54)50(38-14-15-47-24-48-38)21-27-10-12-30(55-5)18-35(27)56-6/h7-10,12,14-16,18-20,24,26,29,33-34H,11,13,17,21-23H2,1-6H3/t26-,33-,34-/m0/s1. The zero-order chi connectivity index (χ0) is 42.9. The molecule has 6 rings (SSSR count). The minimum absolute atomic E-state index is 0.0574. The number of likely N-dealkylation sites (N-methyl/N-ethyl adjacent to an activating group) is 1. The molecule has 0 spiro atoms. The number of anilines is 1. The van der Waals surface area contributed by atoms with Crippen LogP contribution in [-0.2, 0) is 27.5 Å². The molecule has 318 valence electrons. The van der Waals surface area contributed by atoms with Gasteiger partial charge < -0.3 is 23.8 Å². The van der Waals surface area contributed by atoms with Gasteiger partial charge in [-0.25, -0.2) is 31.9 Å². The first-order valence-corrected chi connectivity index (χ1v) is 20.6. The third-order valence-electron chi connectivity index (χ3n) is 10.3. The number of hydrogen-bond acceptors (Lipinski definition) is 10. The van der Waals surface area contributed by atoms with E-state index < -0.39 is 62.2 Å². The van der Waals surface area contributed by atoms with E-state index in [0.717, 1.165) is 34.9 Å². The molecule has 3 aromatic carbocycles. The summed E-state index contributed by atoms with van der Waals surface area (Å²) in [6, 6.07) is 12.1. The van der Waals surface area contributed by atoms with E-state index in [2.05, 4.69) is 9.97 Å². The highest BCUT2D eigenvalue weighted by Crippen LogP contribution is 2.42. The van der Waals surface area contributed by atoms with Gasteiger partial charge in [-0.05, 0) is 82.8 Å². The van der Waals surface area contributed by atoms with Gasteiger partial charge in [-0.15, -0.1) is 0 Å². The smallest absolute Gasteiger partial charge is 0.416 e. The van der Waals surface area contributed by atoms with Crippen molar-refractivity contribution in [3.8, 4) is 17.2 Å². The van der Waals surface area contributed by atoms with Gasteiger partial charge in [0.05, 0.1) is 43.4 Å². The molecular weight excluding hydrogens is 818 g/mol. The maximum absolute atomic E-state index is 16.4. The molecule has 0 N–H and O–H groups in total. The molecule has 18 heteroatoms. The number of carbonyl (C=O) groups excluding carboxylic acids is 1. The zero-order valence-corrected chi connectivity index (χ0v) is 34.9. The molecule has 1 aromatic heterocycles. The lowest BCUT2D eigenvalue weighted by Gasteiger charge is -2.50. The Morgan fingerprint density at radius 2 is 1.73 bits per heavy atom. The fourth-order valence-corrected chi connectivity index (χ4v) is 9.22. The minimum Gasteiger partial charge on any atom is -0.497 e. The molecule has 2 heterocycles. The molecular formula is C41H46ClF4N5O7S. The summed E-state index contributed by atoms with van der Waals surface area (Å²) in [5.41, 5.74) is -0.783. The SMILES string of the molecule is COc1ccc(CN(c2ccncn2)S(=O)(=O)c2cc(Cl)c(O[C@H]3CC[C@H](c4cccc(C(F)(F)F)c4)C[C@@H]3N(C(=O)OC(C)(C)C)C3CN(C)C3)cc2F)c(OC)c1. The number of benzene rings is 3.